The van der Waals surface area contributed by atoms with Crippen molar-refractivity contribution in [1.29, 1.82) is 0 Å². The third-order valence-corrected chi connectivity index (χ3v) is 5.11. The van der Waals surface area contributed by atoms with Crippen LogP contribution in [-0.4, -0.2) is 40.9 Å². The van der Waals surface area contributed by atoms with E-state index in [1.807, 2.05) is 20.8 Å². The van der Waals surface area contributed by atoms with Gasteiger partial charge in [-0.25, -0.2) is 4.79 Å². The minimum Gasteiger partial charge on any atom is -0.473 e. The van der Waals surface area contributed by atoms with E-state index in [1.54, 1.807) is 11.0 Å². The zero-order chi connectivity index (χ0) is 18.8. The minimum atomic E-state index is -0.510. The lowest BCUT2D eigenvalue weighted by Gasteiger charge is -2.35. The van der Waals surface area contributed by atoms with E-state index in [-0.39, 0.29) is 17.6 Å². The van der Waals surface area contributed by atoms with Crippen molar-refractivity contribution in [3.63, 3.8) is 0 Å². The molecule has 2 heterocycles. The SMILES string of the molecule is CC(C)(C)OC(=O)N1CC[C@H](C(C)(C)C)C1COc1cc(CI)on1. The Kier molecular flexibility index (Phi) is 6.27. The lowest BCUT2D eigenvalue weighted by atomic mass is 9.76. The molecule has 0 N–H and O–H groups in total. The summed E-state index contributed by atoms with van der Waals surface area (Å²) in [6.07, 6.45) is 0.662. The van der Waals surface area contributed by atoms with Crippen LogP contribution in [0, 0.1) is 11.3 Å². The van der Waals surface area contributed by atoms with Gasteiger partial charge in [-0.3, -0.25) is 0 Å². The van der Waals surface area contributed by atoms with E-state index >= 15 is 0 Å². The Bertz CT molecular complexity index is 589. The number of likely N-dealkylation sites (tertiary alicyclic amines) is 1. The second kappa shape index (κ2) is 7.72. The lowest BCUT2D eigenvalue weighted by Crippen LogP contribution is -2.46. The van der Waals surface area contributed by atoms with Crippen LogP contribution in [0.3, 0.4) is 0 Å². The van der Waals surface area contributed by atoms with Crippen LogP contribution in [0.25, 0.3) is 0 Å². The van der Waals surface area contributed by atoms with Gasteiger partial charge in [0.05, 0.1) is 10.5 Å². The molecule has 1 aromatic heterocycles. The molecule has 0 aromatic carbocycles. The molecule has 0 bridgehead atoms. The van der Waals surface area contributed by atoms with Crippen LogP contribution in [0.15, 0.2) is 10.6 Å². The number of amides is 1. The van der Waals surface area contributed by atoms with Crippen LogP contribution in [0.1, 0.15) is 53.7 Å². The molecule has 25 heavy (non-hydrogen) atoms. The minimum absolute atomic E-state index is 0.0467. The maximum absolute atomic E-state index is 12.6. The van der Waals surface area contributed by atoms with Crippen molar-refractivity contribution in [2.75, 3.05) is 13.2 Å². The fourth-order valence-corrected chi connectivity index (χ4v) is 3.57. The average Bonchev–Trinajstić information content (AvgIpc) is 3.09. The molecule has 0 aliphatic carbocycles. The highest BCUT2D eigenvalue weighted by molar-refractivity contribution is 14.1. The number of rotatable bonds is 4. The molecule has 1 unspecified atom stereocenters. The lowest BCUT2D eigenvalue weighted by molar-refractivity contribution is 0.0112. The van der Waals surface area contributed by atoms with Gasteiger partial charge in [0.1, 0.15) is 18.0 Å². The Hall–Kier alpha value is -0.990. The van der Waals surface area contributed by atoms with Crippen LogP contribution < -0.4 is 4.74 Å². The van der Waals surface area contributed by atoms with Gasteiger partial charge >= 0.3 is 6.09 Å². The van der Waals surface area contributed by atoms with Gasteiger partial charge in [0.2, 0.25) is 0 Å². The number of carbonyl (C=O) groups is 1. The number of hydrogen-bond donors (Lipinski definition) is 0. The van der Waals surface area contributed by atoms with Gasteiger partial charge in [-0.1, -0.05) is 43.4 Å². The molecule has 142 valence electrons. The topological polar surface area (TPSA) is 64.8 Å². The van der Waals surface area contributed by atoms with E-state index in [0.717, 1.165) is 16.6 Å². The molecule has 1 aromatic rings. The largest absolute Gasteiger partial charge is 0.473 e. The first-order valence-corrected chi connectivity index (χ1v) is 10.2. The summed E-state index contributed by atoms with van der Waals surface area (Å²) in [7, 11) is 0. The first kappa shape index (κ1) is 20.3. The van der Waals surface area contributed by atoms with Crippen molar-refractivity contribution in [2.45, 2.75) is 64.0 Å². The molecule has 0 radical (unpaired) electrons. The number of alkyl halides is 1. The van der Waals surface area contributed by atoms with Gasteiger partial charge in [-0.15, -0.1) is 0 Å². The standard InChI is InChI=1S/C18H29IN2O4/c1-17(2,3)13-7-8-21(16(22)24-18(4,5)6)14(13)11-23-15-9-12(10-19)25-20-15/h9,13-14H,7-8,10-11H2,1-6H3/t13-,14?/m0/s1. The van der Waals surface area contributed by atoms with Crippen molar-refractivity contribution in [2.24, 2.45) is 11.3 Å². The quantitative estimate of drug-likeness (QED) is 0.479. The first-order valence-electron chi connectivity index (χ1n) is 8.65. The van der Waals surface area contributed by atoms with Gasteiger partial charge < -0.3 is 18.9 Å². The predicted octanol–water partition coefficient (Wildman–Crippen LogP) is 4.66. The summed E-state index contributed by atoms with van der Waals surface area (Å²) in [4.78, 5) is 14.4. The molecule has 0 spiro atoms. The highest BCUT2D eigenvalue weighted by Gasteiger charge is 2.44. The Labute approximate surface area is 163 Å². The van der Waals surface area contributed by atoms with Crippen LogP contribution in [-0.2, 0) is 9.16 Å². The Balaban J connectivity index is 2.11. The van der Waals surface area contributed by atoms with Crippen LogP contribution in [0.5, 0.6) is 5.88 Å². The number of ether oxygens (including phenoxy) is 2. The first-order chi connectivity index (χ1) is 11.5. The van der Waals surface area contributed by atoms with E-state index in [1.165, 1.54) is 0 Å². The molecule has 1 amide bonds. The van der Waals surface area contributed by atoms with Gasteiger partial charge in [0, 0.05) is 12.6 Å². The van der Waals surface area contributed by atoms with E-state index < -0.39 is 5.60 Å². The molecule has 1 saturated heterocycles. The van der Waals surface area contributed by atoms with Crippen molar-refractivity contribution >= 4 is 28.7 Å². The van der Waals surface area contributed by atoms with Crippen LogP contribution in [0.4, 0.5) is 4.79 Å². The number of hydrogen-bond acceptors (Lipinski definition) is 5. The zero-order valence-corrected chi connectivity index (χ0v) is 18.1. The number of halogens is 1. The molecule has 1 fully saturated rings. The molecular weight excluding hydrogens is 435 g/mol. The third kappa shape index (κ3) is 5.49. The normalized spacial score (nSPS) is 21.5. The molecule has 2 atom stereocenters. The maximum Gasteiger partial charge on any atom is 0.410 e. The predicted molar refractivity (Wildman–Crippen MR) is 104 cm³/mol. The summed E-state index contributed by atoms with van der Waals surface area (Å²) in [6.45, 7) is 13.3. The smallest absolute Gasteiger partial charge is 0.410 e. The summed E-state index contributed by atoms with van der Waals surface area (Å²) >= 11 is 2.21. The van der Waals surface area contributed by atoms with Crippen molar-refractivity contribution in [3.8, 4) is 5.88 Å². The monoisotopic (exact) mass is 464 g/mol. The molecule has 7 heteroatoms. The van der Waals surface area contributed by atoms with Crippen LogP contribution in [0.2, 0.25) is 0 Å². The second-order valence-electron chi connectivity index (χ2n) is 8.58. The van der Waals surface area contributed by atoms with E-state index in [0.29, 0.717) is 24.9 Å². The Morgan fingerprint density at radius 3 is 2.56 bits per heavy atom. The number of aromatic nitrogens is 1. The fraction of sp³-hybridized carbons (Fsp3) is 0.778. The molecule has 1 aliphatic rings. The third-order valence-electron chi connectivity index (χ3n) is 4.36. The van der Waals surface area contributed by atoms with Crippen LogP contribution >= 0.6 is 22.6 Å². The highest BCUT2D eigenvalue weighted by Crippen LogP contribution is 2.39. The van der Waals surface area contributed by atoms with E-state index in [9.17, 15) is 4.79 Å². The van der Waals surface area contributed by atoms with Gasteiger partial charge in [-0.2, -0.15) is 0 Å². The van der Waals surface area contributed by atoms with E-state index in [4.69, 9.17) is 14.0 Å². The van der Waals surface area contributed by atoms with Gasteiger partial charge in [0.25, 0.3) is 5.88 Å². The van der Waals surface area contributed by atoms with Gasteiger partial charge in [-0.05, 0) is 43.7 Å². The molecule has 1 aliphatic heterocycles. The fourth-order valence-electron chi connectivity index (χ4n) is 3.21. The summed E-state index contributed by atoms with van der Waals surface area (Å²) < 4.78 is 17.4. The summed E-state index contributed by atoms with van der Waals surface area (Å²) in [5.74, 6) is 1.57. The second-order valence-corrected chi connectivity index (χ2v) is 9.34. The molecule has 0 saturated carbocycles. The summed E-state index contributed by atoms with van der Waals surface area (Å²) in [5, 5.41) is 3.93. The van der Waals surface area contributed by atoms with Gasteiger partial charge in [0.15, 0.2) is 0 Å². The number of nitrogens with zero attached hydrogens (tertiary/aromatic N) is 2. The zero-order valence-electron chi connectivity index (χ0n) is 16.0. The van der Waals surface area contributed by atoms with Crippen molar-refractivity contribution in [3.05, 3.63) is 11.8 Å². The Morgan fingerprint density at radius 1 is 1.36 bits per heavy atom. The molecule has 6 nitrogen and oxygen atoms in total. The summed E-state index contributed by atoms with van der Waals surface area (Å²) in [6, 6.07) is 1.75. The summed E-state index contributed by atoms with van der Waals surface area (Å²) in [5.41, 5.74) is -0.439. The van der Waals surface area contributed by atoms with Crippen molar-refractivity contribution in [1.82, 2.24) is 10.1 Å². The van der Waals surface area contributed by atoms with Crippen molar-refractivity contribution < 1.29 is 18.8 Å². The average molecular weight is 464 g/mol. The highest BCUT2D eigenvalue weighted by atomic mass is 127. The molecular formula is C18H29IN2O4. The number of carbonyl (C=O) groups excluding carboxylic acids is 1. The maximum atomic E-state index is 12.6. The molecule has 2 rings (SSSR count). The Morgan fingerprint density at radius 2 is 2.04 bits per heavy atom. The van der Waals surface area contributed by atoms with E-state index in [2.05, 4.69) is 48.5 Å².